The highest BCUT2D eigenvalue weighted by Crippen LogP contribution is 2.14. The molecule has 0 saturated heterocycles. The maximum Gasteiger partial charge on any atom is 0.0723 e. The third-order valence-corrected chi connectivity index (χ3v) is 2.63. The minimum Gasteiger partial charge on any atom is -0.377 e. The maximum atomic E-state index is 6.07. The van der Waals surface area contributed by atoms with E-state index in [1.54, 1.807) is 0 Å². The van der Waals surface area contributed by atoms with E-state index in [0.717, 1.165) is 19.4 Å². The zero-order valence-corrected chi connectivity index (χ0v) is 9.55. The van der Waals surface area contributed by atoms with Gasteiger partial charge in [0.1, 0.15) is 0 Å². The van der Waals surface area contributed by atoms with Crippen LogP contribution in [0.2, 0.25) is 0 Å². The van der Waals surface area contributed by atoms with Crippen molar-refractivity contribution in [2.24, 2.45) is 11.7 Å². The highest BCUT2D eigenvalue weighted by atomic mass is 16.5. The molecule has 3 unspecified atom stereocenters. The average molecular weight is 187 g/mol. The Labute approximate surface area is 82.8 Å². The van der Waals surface area contributed by atoms with Crippen molar-refractivity contribution in [1.82, 2.24) is 0 Å². The van der Waals surface area contributed by atoms with Gasteiger partial charge in [-0.2, -0.15) is 0 Å². The zero-order chi connectivity index (χ0) is 10.3. The third-order valence-electron chi connectivity index (χ3n) is 2.63. The molecule has 13 heavy (non-hydrogen) atoms. The predicted molar refractivity (Wildman–Crippen MR) is 57.8 cm³/mol. The van der Waals surface area contributed by atoms with Crippen molar-refractivity contribution < 1.29 is 4.74 Å². The van der Waals surface area contributed by atoms with Crippen molar-refractivity contribution in [1.29, 1.82) is 0 Å². The van der Waals surface area contributed by atoms with Crippen LogP contribution in [0.25, 0.3) is 0 Å². The minimum atomic E-state index is 0.208. The number of nitrogens with two attached hydrogens (primary N) is 1. The summed E-state index contributed by atoms with van der Waals surface area (Å²) in [5, 5.41) is 0. The van der Waals surface area contributed by atoms with Crippen LogP contribution >= 0.6 is 0 Å². The third kappa shape index (κ3) is 5.27. The second-order valence-corrected chi connectivity index (χ2v) is 3.82. The molecule has 3 atom stereocenters. The summed E-state index contributed by atoms with van der Waals surface area (Å²) in [5.74, 6) is 0.713. The van der Waals surface area contributed by atoms with E-state index in [4.69, 9.17) is 10.5 Å². The SMILES string of the molecule is CCOC(CC)C(N)CC(C)CC. The van der Waals surface area contributed by atoms with E-state index in [-0.39, 0.29) is 12.1 Å². The van der Waals surface area contributed by atoms with Gasteiger partial charge in [-0.25, -0.2) is 0 Å². The number of ether oxygens (including phenoxy) is 1. The van der Waals surface area contributed by atoms with Crippen LogP contribution in [0.3, 0.4) is 0 Å². The summed E-state index contributed by atoms with van der Waals surface area (Å²) in [5.41, 5.74) is 6.07. The van der Waals surface area contributed by atoms with Crippen LogP contribution < -0.4 is 5.73 Å². The first-order valence-corrected chi connectivity index (χ1v) is 5.52. The molecule has 0 aliphatic heterocycles. The molecule has 0 spiro atoms. The molecule has 0 aromatic rings. The van der Waals surface area contributed by atoms with Gasteiger partial charge in [-0.1, -0.05) is 27.2 Å². The molecule has 0 aromatic carbocycles. The lowest BCUT2D eigenvalue weighted by Gasteiger charge is -2.24. The van der Waals surface area contributed by atoms with Crippen LogP contribution in [-0.4, -0.2) is 18.8 Å². The first-order chi connectivity index (χ1) is 6.15. The van der Waals surface area contributed by atoms with Crippen molar-refractivity contribution in [3.8, 4) is 0 Å². The molecule has 0 amide bonds. The largest absolute Gasteiger partial charge is 0.377 e. The minimum absolute atomic E-state index is 0.208. The Kier molecular flexibility index (Phi) is 7.29. The molecule has 0 aliphatic carbocycles. The van der Waals surface area contributed by atoms with Gasteiger partial charge >= 0.3 is 0 Å². The van der Waals surface area contributed by atoms with Gasteiger partial charge in [0.15, 0.2) is 0 Å². The summed E-state index contributed by atoms with van der Waals surface area (Å²) in [6.07, 6.45) is 3.55. The first-order valence-electron chi connectivity index (χ1n) is 5.52. The van der Waals surface area contributed by atoms with Gasteiger partial charge in [0.2, 0.25) is 0 Å². The van der Waals surface area contributed by atoms with Gasteiger partial charge in [0.05, 0.1) is 6.10 Å². The number of hydrogen-bond donors (Lipinski definition) is 1. The van der Waals surface area contributed by atoms with Crippen molar-refractivity contribution in [3.05, 3.63) is 0 Å². The first kappa shape index (κ1) is 12.9. The van der Waals surface area contributed by atoms with E-state index in [1.165, 1.54) is 6.42 Å². The normalized spacial score (nSPS) is 18.2. The lowest BCUT2D eigenvalue weighted by atomic mass is 9.95. The maximum absolute atomic E-state index is 6.07. The smallest absolute Gasteiger partial charge is 0.0723 e. The monoisotopic (exact) mass is 187 g/mol. The molecular weight excluding hydrogens is 162 g/mol. The summed E-state index contributed by atoms with van der Waals surface area (Å²) in [6.45, 7) is 9.39. The number of hydrogen-bond acceptors (Lipinski definition) is 2. The summed E-state index contributed by atoms with van der Waals surface area (Å²) >= 11 is 0. The van der Waals surface area contributed by atoms with Crippen LogP contribution in [0.5, 0.6) is 0 Å². The molecule has 80 valence electrons. The highest BCUT2D eigenvalue weighted by Gasteiger charge is 2.17. The fourth-order valence-electron chi connectivity index (χ4n) is 1.54. The fourth-order valence-corrected chi connectivity index (χ4v) is 1.54. The Bertz CT molecular complexity index is 117. The van der Waals surface area contributed by atoms with E-state index in [9.17, 15) is 0 Å². The van der Waals surface area contributed by atoms with E-state index in [2.05, 4.69) is 20.8 Å². The molecule has 2 heteroatoms. The van der Waals surface area contributed by atoms with Gasteiger partial charge in [0.25, 0.3) is 0 Å². The molecule has 0 radical (unpaired) electrons. The fraction of sp³-hybridized carbons (Fsp3) is 1.00. The Morgan fingerprint density at radius 3 is 2.15 bits per heavy atom. The van der Waals surface area contributed by atoms with Gasteiger partial charge in [-0.15, -0.1) is 0 Å². The second-order valence-electron chi connectivity index (χ2n) is 3.82. The van der Waals surface area contributed by atoms with Gasteiger partial charge in [-0.05, 0) is 25.7 Å². The lowest BCUT2D eigenvalue weighted by molar-refractivity contribution is 0.0362. The van der Waals surface area contributed by atoms with Crippen LogP contribution in [0, 0.1) is 5.92 Å². The molecule has 0 rings (SSSR count). The summed E-state index contributed by atoms with van der Waals surface area (Å²) in [4.78, 5) is 0. The van der Waals surface area contributed by atoms with E-state index in [0.29, 0.717) is 5.92 Å². The molecule has 0 fully saturated rings. The molecule has 0 heterocycles. The van der Waals surface area contributed by atoms with Crippen molar-refractivity contribution in [3.63, 3.8) is 0 Å². The molecule has 0 saturated carbocycles. The molecule has 0 aromatic heterocycles. The lowest BCUT2D eigenvalue weighted by Crippen LogP contribution is -2.37. The van der Waals surface area contributed by atoms with Gasteiger partial charge < -0.3 is 10.5 Å². The zero-order valence-electron chi connectivity index (χ0n) is 9.55. The van der Waals surface area contributed by atoms with Crippen LogP contribution in [0.4, 0.5) is 0 Å². The quantitative estimate of drug-likeness (QED) is 0.665. The van der Waals surface area contributed by atoms with Crippen LogP contribution in [0.1, 0.15) is 47.0 Å². The van der Waals surface area contributed by atoms with Gasteiger partial charge in [0, 0.05) is 12.6 Å². The van der Waals surface area contributed by atoms with Gasteiger partial charge in [-0.3, -0.25) is 0 Å². The standard InChI is InChI=1S/C11H25NO/c1-5-9(4)8-10(12)11(6-2)13-7-3/h9-11H,5-8,12H2,1-4H3. The molecule has 2 nitrogen and oxygen atoms in total. The molecule has 0 bridgehead atoms. The van der Waals surface area contributed by atoms with Crippen molar-refractivity contribution in [2.45, 2.75) is 59.1 Å². The van der Waals surface area contributed by atoms with Crippen LogP contribution in [-0.2, 0) is 4.74 Å². The Morgan fingerprint density at radius 1 is 1.15 bits per heavy atom. The van der Waals surface area contributed by atoms with Crippen molar-refractivity contribution in [2.75, 3.05) is 6.61 Å². The summed E-state index contributed by atoms with van der Waals surface area (Å²) in [6, 6.07) is 0.208. The number of rotatable bonds is 7. The molecule has 2 N–H and O–H groups in total. The Morgan fingerprint density at radius 2 is 1.77 bits per heavy atom. The van der Waals surface area contributed by atoms with E-state index >= 15 is 0 Å². The van der Waals surface area contributed by atoms with Crippen molar-refractivity contribution >= 4 is 0 Å². The molecular formula is C11H25NO. The average Bonchev–Trinajstić information content (AvgIpc) is 2.13. The molecule has 0 aliphatic rings. The highest BCUT2D eigenvalue weighted by molar-refractivity contribution is 4.74. The van der Waals surface area contributed by atoms with E-state index in [1.807, 2.05) is 6.92 Å². The summed E-state index contributed by atoms with van der Waals surface area (Å²) in [7, 11) is 0. The van der Waals surface area contributed by atoms with E-state index < -0.39 is 0 Å². The Balaban J connectivity index is 3.82. The second kappa shape index (κ2) is 7.34. The topological polar surface area (TPSA) is 35.2 Å². The summed E-state index contributed by atoms with van der Waals surface area (Å²) < 4.78 is 5.57. The van der Waals surface area contributed by atoms with Crippen LogP contribution in [0.15, 0.2) is 0 Å². The predicted octanol–water partition coefficient (Wildman–Crippen LogP) is 2.57. The Hall–Kier alpha value is -0.0800.